The minimum Gasteiger partial charge on any atom is -0.325 e. The fraction of sp³-hybridized carbons (Fsp3) is 0.0385. The summed E-state index contributed by atoms with van der Waals surface area (Å²) >= 11 is 12.0. The maximum absolute atomic E-state index is 13.4. The summed E-state index contributed by atoms with van der Waals surface area (Å²) in [5.41, 5.74) is -0.200. The SMILES string of the molecule is O=C(CN(c1cccc([N+](=O)[O-])c1)S(=O)(=O)c1ccccc1)Nc1ccc(S(=O)(=O)Nc2cccc(Cl)c2Cl)cc1. The van der Waals surface area contributed by atoms with Gasteiger partial charge in [-0.2, -0.15) is 0 Å². The average Bonchev–Trinajstić information content (AvgIpc) is 2.95. The van der Waals surface area contributed by atoms with Crippen LogP contribution in [0, 0.1) is 10.1 Å². The van der Waals surface area contributed by atoms with Crippen molar-refractivity contribution in [3.63, 3.8) is 0 Å². The third-order valence-electron chi connectivity index (χ3n) is 5.59. The van der Waals surface area contributed by atoms with Crippen LogP contribution in [-0.2, 0) is 24.8 Å². The van der Waals surface area contributed by atoms with Gasteiger partial charge in [0.15, 0.2) is 0 Å². The van der Waals surface area contributed by atoms with E-state index in [2.05, 4.69) is 10.0 Å². The van der Waals surface area contributed by atoms with Crippen LogP contribution in [0.3, 0.4) is 0 Å². The van der Waals surface area contributed by atoms with E-state index in [-0.39, 0.29) is 42.6 Å². The highest BCUT2D eigenvalue weighted by Gasteiger charge is 2.28. The number of carbonyl (C=O) groups excluding carboxylic acids is 1. The maximum atomic E-state index is 13.4. The molecule has 0 atom stereocenters. The van der Waals surface area contributed by atoms with Gasteiger partial charge in [0, 0.05) is 17.8 Å². The number of hydrogen-bond acceptors (Lipinski definition) is 7. The van der Waals surface area contributed by atoms with E-state index in [0.717, 1.165) is 10.4 Å². The third-order valence-corrected chi connectivity index (χ3v) is 9.58. The van der Waals surface area contributed by atoms with Gasteiger partial charge in [0.2, 0.25) is 5.91 Å². The fourth-order valence-electron chi connectivity index (χ4n) is 3.63. The van der Waals surface area contributed by atoms with Crippen LogP contribution in [0.2, 0.25) is 10.0 Å². The predicted molar refractivity (Wildman–Crippen MR) is 156 cm³/mol. The van der Waals surface area contributed by atoms with Crippen molar-refractivity contribution < 1.29 is 26.6 Å². The second kappa shape index (κ2) is 12.1. The van der Waals surface area contributed by atoms with Crippen molar-refractivity contribution in [3.8, 4) is 0 Å². The number of amides is 1. The number of non-ortho nitro benzene ring substituents is 1. The highest BCUT2D eigenvalue weighted by atomic mass is 35.5. The van der Waals surface area contributed by atoms with Gasteiger partial charge in [-0.1, -0.05) is 53.5 Å². The monoisotopic (exact) mass is 634 g/mol. The van der Waals surface area contributed by atoms with Crippen LogP contribution >= 0.6 is 23.2 Å². The second-order valence-corrected chi connectivity index (χ2v) is 12.7. The van der Waals surface area contributed by atoms with Crippen molar-refractivity contribution >= 4 is 71.9 Å². The molecule has 0 saturated carbocycles. The topological polar surface area (TPSA) is 156 Å². The summed E-state index contributed by atoms with van der Waals surface area (Å²) < 4.78 is 55.6. The molecule has 0 unspecified atom stereocenters. The molecule has 0 radical (unpaired) electrons. The van der Waals surface area contributed by atoms with Crippen molar-refractivity contribution in [1.82, 2.24) is 0 Å². The van der Waals surface area contributed by atoms with Crippen molar-refractivity contribution in [2.45, 2.75) is 9.79 Å². The van der Waals surface area contributed by atoms with Gasteiger partial charge in [-0.3, -0.25) is 23.9 Å². The van der Waals surface area contributed by atoms with E-state index in [4.69, 9.17) is 23.2 Å². The van der Waals surface area contributed by atoms with Crippen molar-refractivity contribution in [2.24, 2.45) is 0 Å². The molecule has 41 heavy (non-hydrogen) atoms. The van der Waals surface area contributed by atoms with E-state index in [1.54, 1.807) is 6.07 Å². The van der Waals surface area contributed by atoms with Crippen LogP contribution in [0.1, 0.15) is 0 Å². The van der Waals surface area contributed by atoms with Crippen molar-refractivity contribution in [2.75, 3.05) is 20.9 Å². The average molecular weight is 636 g/mol. The van der Waals surface area contributed by atoms with Gasteiger partial charge < -0.3 is 5.32 Å². The lowest BCUT2D eigenvalue weighted by atomic mass is 10.3. The number of nitrogens with one attached hydrogen (secondary N) is 2. The summed E-state index contributed by atoms with van der Waals surface area (Å²) in [5, 5.41) is 14.0. The lowest BCUT2D eigenvalue weighted by Crippen LogP contribution is -2.38. The van der Waals surface area contributed by atoms with E-state index in [1.807, 2.05) is 0 Å². The first-order chi connectivity index (χ1) is 19.4. The van der Waals surface area contributed by atoms with Crippen LogP contribution in [-0.4, -0.2) is 34.2 Å². The number of carbonyl (C=O) groups is 1. The molecule has 0 aliphatic carbocycles. The quantitative estimate of drug-likeness (QED) is 0.171. The third kappa shape index (κ3) is 6.95. The zero-order valence-corrected chi connectivity index (χ0v) is 23.9. The number of halogens is 2. The molecule has 0 aliphatic heterocycles. The number of hydrogen-bond donors (Lipinski definition) is 2. The Labute approximate surface area is 245 Å². The number of benzene rings is 4. The summed E-state index contributed by atoms with van der Waals surface area (Å²) in [6, 6.07) is 21.7. The first-order valence-electron chi connectivity index (χ1n) is 11.6. The first-order valence-corrected chi connectivity index (χ1v) is 15.3. The number of sulfonamides is 2. The lowest BCUT2D eigenvalue weighted by molar-refractivity contribution is -0.384. The number of nitrogens with zero attached hydrogens (tertiary/aromatic N) is 2. The molecule has 4 aromatic rings. The minimum atomic E-state index is -4.30. The molecule has 0 spiro atoms. The molecule has 0 aliphatic rings. The minimum absolute atomic E-state index is 0.0281. The smallest absolute Gasteiger partial charge is 0.271 e. The number of nitro groups is 1. The van der Waals surface area contributed by atoms with Gasteiger partial charge in [-0.15, -0.1) is 0 Å². The van der Waals surface area contributed by atoms with Gasteiger partial charge >= 0.3 is 0 Å². The van der Waals surface area contributed by atoms with Crippen molar-refractivity contribution in [1.29, 1.82) is 0 Å². The predicted octanol–water partition coefficient (Wildman–Crippen LogP) is 5.54. The van der Waals surface area contributed by atoms with E-state index >= 15 is 0 Å². The van der Waals surface area contributed by atoms with Gasteiger partial charge in [0.25, 0.3) is 25.7 Å². The Balaban J connectivity index is 1.56. The Morgan fingerprint density at radius 3 is 2.15 bits per heavy atom. The van der Waals surface area contributed by atoms with Gasteiger partial charge in [0.05, 0.1) is 36.1 Å². The summed E-state index contributed by atoms with van der Waals surface area (Å²) in [6.45, 7) is -0.729. The Morgan fingerprint density at radius 2 is 1.49 bits per heavy atom. The molecule has 0 aromatic heterocycles. The first kappa shape index (κ1) is 29.8. The van der Waals surface area contributed by atoms with Gasteiger partial charge in [-0.05, 0) is 54.6 Å². The molecule has 4 aromatic carbocycles. The zero-order valence-electron chi connectivity index (χ0n) is 20.8. The summed E-state index contributed by atoms with van der Waals surface area (Å²) in [7, 11) is -8.37. The second-order valence-electron chi connectivity index (χ2n) is 8.38. The highest BCUT2D eigenvalue weighted by Crippen LogP contribution is 2.31. The van der Waals surface area contributed by atoms with Crippen LogP contribution in [0.25, 0.3) is 0 Å². The Kier molecular flexibility index (Phi) is 8.83. The van der Waals surface area contributed by atoms with E-state index in [1.165, 1.54) is 84.9 Å². The van der Waals surface area contributed by atoms with E-state index in [0.29, 0.717) is 0 Å². The van der Waals surface area contributed by atoms with E-state index < -0.39 is 37.4 Å². The lowest BCUT2D eigenvalue weighted by Gasteiger charge is -2.24. The fourth-order valence-corrected chi connectivity index (χ4v) is 6.54. The van der Waals surface area contributed by atoms with Crippen LogP contribution in [0.15, 0.2) is 107 Å². The Hall–Kier alpha value is -4.17. The van der Waals surface area contributed by atoms with E-state index in [9.17, 15) is 31.7 Å². The summed E-state index contributed by atoms with van der Waals surface area (Å²) in [4.78, 5) is 23.3. The number of anilines is 3. The summed E-state index contributed by atoms with van der Waals surface area (Å²) in [6.07, 6.45) is 0. The van der Waals surface area contributed by atoms with Gasteiger partial charge in [0.1, 0.15) is 6.54 Å². The molecule has 11 nitrogen and oxygen atoms in total. The molecular formula is C26H20Cl2N4O7S2. The standard InChI is InChI=1S/C26H20Cl2N4O7S2/c27-23-10-5-11-24(26(23)28)30-40(36,37)21-14-12-18(13-15-21)29-25(33)17-31(19-6-4-7-20(16-19)32(34)35)41(38,39)22-8-2-1-3-9-22/h1-16,30H,17H2,(H,29,33). The molecule has 0 heterocycles. The Bertz CT molecular complexity index is 1820. The van der Waals surface area contributed by atoms with Gasteiger partial charge in [-0.25, -0.2) is 16.8 Å². The molecule has 0 saturated heterocycles. The molecule has 15 heteroatoms. The molecule has 1 amide bonds. The Morgan fingerprint density at radius 1 is 0.829 bits per heavy atom. The number of rotatable bonds is 10. The maximum Gasteiger partial charge on any atom is 0.271 e. The molecule has 0 bridgehead atoms. The molecular weight excluding hydrogens is 615 g/mol. The number of nitro benzene ring substituents is 1. The zero-order chi connectivity index (χ0) is 29.8. The largest absolute Gasteiger partial charge is 0.325 e. The molecule has 212 valence electrons. The van der Waals surface area contributed by atoms with Crippen molar-refractivity contribution in [3.05, 3.63) is 117 Å². The summed E-state index contributed by atoms with van der Waals surface area (Å²) in [5.74, 6) is -0.782. The van der Waals surface area contributed by atoms with Crippen LogP contribution < -0.4 is 14.3 Å². The van der Waals surface area contributed by atoms with Crippen LogP contribution in [0.4, 0.5) is 22.7 Å². The molecule has 2 N–H and O–H groups in total. The highest BCUT2D eigenvalue weighted by molar-refractivity contribution is 7.93. The molecule has 0 fully saturated rings. The van der Waals surface area contributed by atoms with Crippen LogP contribution in [0.5, 0.6) is 0 Å². The normalized spacial score (nSPS) is 11.5. The molecule has 4 rings (SSSR count).